The van der Waals surface area contributed by atoms with Gasteiger partial charge in [-0.05, 0) is 25.8 Å². The van der Waals surface area contributed by atoms with E-state index in [2.05, 4.69) is 25.3 Å². The second-order valence-corrected chi connectivity index (χ2v) is 12.6. The van der Waals surface area contributed by atoms with E-state index >= 15 is 0 Å². The Labute approximate surface area is 254 Å². The number of ether oxygens (including phenoxy) is 2. The van der Waals surface area contributed by atoms with Gasteiger partial charge in [0, 0.05) is 81.4 Å². The van der Waals surface area contributed by atoms with E-state index in [1.54, 1.807) is 11.1 Å². The van der Waals surface area contributed by atoms with Crippen molar-refractivity contribution in [2.45, 2.75) is 68.8 Å². The van der Waals surface area contributed by atoms with Crippen LogP contribution in [0.5, 0.6) is 0 Å². The highest BCUT2D eigenvalue weighted by molar-refractivity contribution is 5.77. The van der Waals surface area contributed by atoms with Gasteiger partial charge >= 0.3 is 18.3 Å². The van der Waals surface area contributed by atoms with Crippen LogP contribution in [-0.4, -0.2) is 107 Å². The summed E-state index contributed by atoms with van der Waals surface area (Å²) < 4.78 is 95.5. The summed E-state index contributed by atoms with van der Waals surface area (Å²) in [5, 5.41) is 7.76. The summed E-state index contributed by atoms with van der Waals surface area (Å²) in [6, 6.07) is 1.32. The van der Waals surface area contributed by atoms with Gasteiger partial charge in [0.1, 0.15) is 11.6 Å². The van der Waals surface area contributed by atoms with Crippen molar-refractivity contribution in [1.82, 2.24) is 30.0 Å². The highest BCUT2D eigenvalue weighted by atomic mass is 19.4. The van der Waals surface area contributed by atoms with Gasteiger partial charge in [-0.1, -0.05) is 0 Å². The average molecular weight is 645 g/mol. The molecule has 5 aliphatic rings. The van der Waals surface area contributed by atoms with E-state index in [4.69, 9.17) is 9.47 Å². The van der Waals surface area contributed by atoms with Crippen molar-refractivity contribution in [1.29, 1.82) is 0 Å². The molecule has 11 nitrogen and oxygen atoms in total. The molecule has 0 radical (unpaired) electrons. The Bertz CT molecular complexity index is 1460. The van der Waals surface area contributed by atoms with E-state index in [-0.39, 0.29) is 48.6 Å². The van der Waals surface area contributed by atoms with Gasteiger partial charge < -0.3 is 24.6 Å². The fourth-order valence-corrected chi connectivity index (χ4v) is 7.44. The predicted molar refractivity (Wildman–Crippen MR) is 147 cm³/mol. The van der Waals surface area contributed by atoms with Gasteiger partial charge in [-0.25, -0.2) is 14.8 Å². The largest absolute Gasteiger partial charge is 0.491 e. The van der Waals surface area contributed by atoms with Crippen molar-refractivity contribution in [3.05, 3.63) is 29.3 Å². The number of nitrogens with zero attached hydrogens (tertiary/aromatic N) is 7. The van der Waals surface area contributed by atoms with Gasteiger partial charge in [-0.2, -0.15) is 31.4 Å². The number of anilines is 2. The second-order valence-electron chi connectivity index (χ2n) is 12.6. The molecule has 0 spiro atoms. The molecule has 5 fully saturated rings. The zero-order chi connectivity index (χ0) is 31.9. The van der Waals surface area contributed by atoms with Crippen LogP contribution in [0.3, 0.4) is 0 Å². The van der Waals surface area contributed by atoms with Crippen molar-refractivity contribution in [2.75, 3.05) is 62.3 Å². The zero-order valence-corrected chi connectivity index (χ0v) is 24.7. The second kappa shape index (κ2) is 10.7. The number of carbonyl (C=O) groups is 1. The molecule has 246 valence electrons. The van der Waals surface area contributed by atoms with Crippen LogP contribution < -0.4 is 15.1 Å². The lowest BCUT2D eigenvalue weighted by Gasteiger charge is -2.53. The average Bonchev–Trinajstić information content (AvgIpc) is 3.58. The SMILES string of the molecule is Cc1cnn(C2COC2)c1[C@H]1CCN(c2cc(N3C[C@@H](N4CCNCC4)[C@H]3C)nc(C(F)(F)F)n2)[C@]2(OC(=O)C(F)(F)F)C[C@@H]12. The minimum atomic E-state index is -5.29. The maximum atomic E-state index is 14.2. The van der Waals surface area contributed by atoms with Crippen LogP contribution in [0.25, 0.3) is 0 Å². The molecule has 4 saturated heterocycles. The lowest BCUT2D eigenvalue weighted by molar-refractivity contribution is -0.208. The van der Waals surface area contributed by atoms with Gasteiger partial charge in [-0.15, -0.1) is 0 Å². The van der Waals surface area contributed by atoms with E-state index < -0.39 is 35.8 Å². The van der Waals surface area contributed by atoms with E-state index in [1.165, 1.54) is 11.0 Å². The highest BCUT2D eigenvalue weighted by Crippen LogP contribution is 2.62. The fraction of sp³-hybridized carbons (Fsp3) is 0.714. The Morgan fingerprint density at radius 3 is 2.42 bits per heavy atom. The Kier molecular flexibility index (Phi) is 7.24. The quantitative estimate of drug-likeness (QED) is 0.374. The smallest absolute Gasteiger partial charge is 0.432 e. The third kappa shape index (κ3) is 5.19. The van der Waals surface area contributed by atoms with E-state index in [0.29, 0.717) is 26.2 Å². The minimum absolute atomic E-state index is 0.00283. The number of nitrogens with one attached hydrogen (secondary N) is 1. The summed E-state index contributed by atoms with van der Waals surface area (Å²) in [6.45, 7) is 8.40. The lowest BCUT2D eigenvalue weighted by atomic mass is 9.89. The normalized spacial score (nSPS) is 30.8. The Balaban J connectivity index is 1.23. The summed E-state index contributed by atoms with van der Waals surface area (Å²) in [6.07, 6.45) is -8.15. The fourth-order valence-electron chi connectivity index (χ4n) is 7.44. The molecule has 7 rings (SSSR count). The summed E-state index contributed by atoms with van der Waals surface area (Å²) in [4.78, 5) is 25.3. The van der Waals surface area contributed by atoms with Gasteiger partial charge in [0.2, 0.25) is 5.82 Å². The number of fused-ring (bicyclic) bond motifs is 1. The van der Waals surface area contributed by atoms with Crippen LogP contribution in [-0.2, 0) is 20.4 Å². The van der Waals surface area contributed by atoms with Gasteiger partial charge in [0.05, 0.1) is 25.5 Å². The summed E-state index contributed by atoms with van der Waals surface area (Å²) >= 11 is 0. The molecular formula is C28H34F6N8O3. The van der Waals surface area contributed by atoms with Crippen molar-refractivity contribution >= 4 is 17.6 Å². The molecule has 45 heavy (non-hydrogen) atoms. The molecule has 1 aliphatic carbocycles. The van der Waals surface area contributed by atoms with Gasteiger partial charge in [0.25, 0.3) is 0 Å². The van der Waals surface area contributed by atoms with Gasteiger partial charge in [0.15, 0.2) is 5.72 Å². The number of aryl methyl sites for hydroxylation is 1. The molecule has 6 heterocycles. The van der Waals surface area contributed by atoms with E-state index in [1.807, 2.05) is 18.5 Å². The molecule has 5 atom stereocenters. The lowest BCUT2D eigenvalue weighted by Crippen LogP contribution is -2.68. The molecule has 0 bridgehead atoms. The number of halogens is 6. The van der Waals surface area contributed by atoms with Crippen molar-refractivity contribution in [2.24, 2.45) is 5.92 Å². The Morgan fingerprint density at radius 2 is 1.80 bits per heavy atom. The number of piperidine rings is 1. The number of aromatic nitrogens is 4. The topological polar surface area (TPSA) is 101 Å². The Morgan fingerprint density at radius 1 is 1.09 bits per heavy atom. The zero-order valence-electron chi connectivity index (χ0n) is 24.7. The van der Waals surface area contributed by atoms with Crippen LogP contribution >= 0.6 is 0 Å². The van der Waals surface area contributed by atoms with E-state index in [0.717, 1.165) is 37.4 Å². The molecule has 0 unspecified atom stereocenters. The predicted octanol–water partition coefficient (Wildman–Crippen LogP) is 2.87. The molecular weight excluding hydrogens is 610 g/mol. The number of hydrogen-bond donors (Lipinski definition) is 1. The molecule has 2 aromatic heterocycles. The number of carbonyl (C=O) groups excluding carboxylic acids is 1. The summed E-state index contributed by atoms with van der Waals surface area (Å²) in [7, 11) is 0. The summed E-state index contributed by atoms with van der Waals surface area (Å²) in [5.74, 6) is -4.96. The van der Waals surface area contributed by atoms with Crippen LogP contribution in [0.2, 0.25) is 0 Å². The van der Waals surface area contributed by atoms with Crippen LogP contribution in [0.1, 0.15) is 48.8 Å². The number of esters is 1. The molecule has 17 heteroatoms. The first-order valence-electron chi connectivity index (χ1n) is 15.1. The first-order chi connectivity index (χ1) is 21.3. The monoisotopic (exact) mass is 644 g/mol. The maximum Gasteiger partial charge on any atom is 0.491 e. The van der Waals surface area contributed by atoms with Gasteiger partial charge in [-0.3, -0.25) is 9.58 Å². The Hall–Kier alpha value is -3.18. The standard InChI is InChI=1S/C28H34F6N8O3/c1-15-11-36-42(17-13-44-14-17)23(15)18-3-6-41(26(10-19(18)26)45-25(43)28(32,33)34)22-9-21(37-24(38-22)27(29,30)31)40-12-20(16(40)2)39-7-4-35-5-8-39/h9,11,16-20,35H,3-8,10,12-14H2,1-2H3/t16-,18+,19+,20-,26+/m1/s1. The molecule has 0 amide bonds. The number of rotatable bonds is 6. The molecule has 2 aromatic rings. The van der Waals surface area contributed by atoms with Crippen LogP contribution in [0, 0.1) is 12.8 Å². The summed E-state index contributed by atoms with van der Waals surface area (Å²) in [5.41, 5.74) is -0.186. The molecule has 1 N–H and O–H groups in total. The molecule has 0 aromatic carbocycles. The third-order valence-electron chi connectivity index (χ3n) is 9.96. The number of hydrogen-bond acceptors (Lipinski definition) is 10. The minimum Gasteiger partial charge on any atom is -0.432 e. The number of piperazine rings is 1. The van der Waals surface area contributed by atoms with Crippen LogP contribution in [0.15, 0.2) is 12.3 Å². The third-order valence-corrected chi connectivity index (χ3v) is 9.96. The molecule has 1 saturated carbocycles. The first-order valence-corrected chi connectivity index (χ1v) is 15.1. The molecule has 4 aliphatic heterocycles. The van der Waals surface area contributed by atoms with Crippen LogP contribution in [0.4, 0.5) is 38.0 Å². The van der Waals surface area contributed by atoms with E-state index in [9.17, 15) is 31.1 Å². The highest BCUT2D eigenvalue weighted by Gasteiger charge is 2.70. The van der Waals surface area contributed by atoms with Crippen molar-refractivity contribution in [3.63, 3.8) is 0 Å². The maximum absolute atomic E-state index is 14.2. The first kappa shape index (κ1) is 30.5. The van der Waals surface area contributed by atoms with Crippen molar-refractivity contribution < 1.29 is 40.6 Å². The van der Waals surface area contributed by atoms with Crippen molar-refractivity contribution in [3.8, 4) is 0 Å². The number of alkyl halides is 6.